The molecule has 4 rings (SSSR count). The van der Waals surface area contributed by atoms with Crippen LogP contribution >= 0.6 is 11.6 Å². The molecule has 4 heteroatoms. The minimum Gasteiger partial charge on any atom is -0.377 e. The number of hydrogen-bond acceptors (Lipinski definition) is 2. The predicted molar refractivity (Wildman–Crippen MR) is 108 cm³/mol. The highest BCUT2D eigenvalue weighted by molar-refractivity contribution is 6.31. The van der Waals surface area contributed by atoms with Crippen LogP contribution in [0.4, 0.5) is 0 Å². The van der Waals surface area contributed by atoms with Crippen LogP contribution in [0.5, 0.6) is 0 Å². The summed E-state index contributed by atoms with van der Waals surface area (Å²) < 4.78 is 8.10. The van der Waals surface area contributed by atoms with E-state index in [1.54, 1.807) is 0 Å². The molecule has 1 aliphatic heterocycles. The molecule has 2 aromatic carbocycles. The Bertz CT molecular complexity index is 896. The third kappa shape index (κ3) is 3.52. The van der Waals surface area contributed by atoms with Crippen molar-refractivity contribution in [1.82, 2.24) is 9.88 Å². The largest absolute Gasteiger partial charge is 0.377 e. The molecule has 1 unspecified atom stereocenters. The van der Waals surface area contributed by atoms with Crippen LogP contribution in [-0.2, 0) is 17.8 Å². The first-order valence-corrected chi connectivity index (χ1v) is 9.74. The zero-order chi connectivity index (χ0) is 17.9. The van der Waals surface area contributed by atoms with Gasteiger partial charge in [0.2, 0.25) is 0 Å². The Labute approximate surface area is 159 Å². The van der Waals surface area contributed by atoms with Gasteiger partial charge in [0, 0.05) is 47.9 Å². The fraction of sp³-hybridized carbons (Fsp3) is 0.364. The van der Waals surface area contributed by atoms with Crippen molar-refractivity contribution in [2.24, 2.45) is 0 Å². The van der Waals surface area contributed by atoms with Crippen molar-refractivity contribution >= 4 is 22.5 Å². The first-order valence-electron chi connectivity index (χ1n) is 9.36. The van der Waals surface area contributed by atoms with Gasteiger partial charge in [0.25, 0.3) is 0 Å². The van der Waals surface area contributed by atoms with Gasteiger partial charge >= 0.3 is 0 Å². The molecule has 2 heterocycles. The average molecular weight is 369 g/mol. The third-order valence-corrected chi connectivity index (χ3v) is 5.71. The van der Waals surface area contributed by atoms with Crippen molar-refractivity contribution < 1.29 is 4.74 Å². The van der Waals surface area contributed by atoms with E-state index in [4.69, 9.17) is 16.3 Å². The Hall–Kier alpha value is -1.81. The van der Waals surface area contributed by atoms with Crippen LogP contribution in [0.15, 0.2) is 48.5 Å². The Morgan fingerprint density at radius 1 is 1.15 bits per heavy atom. The van der Waals surface area contributed by atoms with Crippen molar-refractivity contribution in [2.75, 3.05) is 13.2 Å². The lowest BCUT2D eigenvalue weighted by Gasteiger charge is -2.12. The summed E-state index contributed by atoms with van der Waals surface area (Å²) in [5.74, 6) is 0. The zero-order valence-electron chi connectivity index (χ0n) is 15.2. The van der Waals surface area contributed by atoms with Crippen LogP contribution in [0.25, 0.3) is 10.9 Å². The van der Waals surface area contributed by atoms with Crippen LogP contribution in [0, 0.1) is 6.92 Å². The van der Waals surface area contributed by atoms with Gasteiger partial charge in [0.1, 0.15) is 0 Å². The van der Waals surface area contributed by atoms with Gasteiger partial charge < -0.3 is 14.6 Å². The molecule has 0 amide bonds. The monoisotopic (exact) mass is 368 g/mol. The number of fused-ring (bicyclic) bond motifs is 1. The number of ether oxygens (including phenoxy) is 1. The minimum atomic E-state index is 0.367. The molecule has 0 spiro atoms. The molecular weight excluding hydrogens is 344 g/mol. The highest BCUT2D eigenvalue weighted by atomic mass is 35.5. The van der Waals surface area contributed by atoms with E-state index in [-0.39, 0.29) is 0 Å². The molecule has 0 aliphatic carbocycles. The topological polar surface area (TPSA) is 26.2 Å². The van der Waals surface area contributed by atoms with Gasteiger partial charge in [-0.1, -0.05) is 48.0 Å². The van der Waals surface area contributed by atoms with Crippen LogP contribution < -0.4 is 5.32 Å². The molecule has 0 radical (unpaired) electrons. The number of nitrogens with one attached hydrogen (secondary N) is 1. The van der Waals surface area contributed by atoms with E-state index in [2.05, 4.69) is 47.1 Å². The van der Waals surface area contributed by atoms with E-state index in [9.17, 15) is 0 Å². The number of benzene rings is 2. The number of hydrogen-bond donors (Lipinski definition) is 1. The molecule has 1 aliphatic rings. The standard InChI is InChI=1S/C22H25ClN2O/c1-16-20(14-24-13-18-8-6-12-26-18)19-9-3-5-11-22(19)25(16)15-17-7-2-4-10-21(17)23/h2-5,7,9-11,18,24H,6,8,12-15H2,1H3. The van der Waals surface area contributed by atoms with Crippen LogP contribution in [0.2, 0.25) is 5.02 Å². The van der Waals surface area contributed by atoms with E-state index >= 15 is 0 Å². The molecule has 0 saturated carbocycles. The van der Waals surface area contributed by atoms with E-state index in [1.165, 1.54) is 35.0 Å². The number of halogens is 1. The molecule has 1 fully saturated rings. The van der Waals surface area contributed by atoms with E-state index in [0.717, 1.165) is 36.8 Å². The van der Waals surface area contributed by atoms with E-state index in [1.807, 2.05) is 18.2 Å². The molecule has 1 saturated heterocycles. The molecule has 0 bridgehead atoms. The molecular formula is C22H25ClN2O. The van der Waals surface area contributed by atoms with Crippen molar-refractivity contribution in [3.63, 3.8) is 0 Å². The van der Waals surface area contributed by atoms with Crippen LogP contribution in [0.3, 0.4) is 0 Å². The predicted octanol–water partition coefficient (Wildman–Crippen LogP) is 4.92. The lowest BCUT2D eigenvalue weighted by molar-refractivity contribution is 0.110. The van der Waals surface area contributed by atoms with E-state index in [0.29, 0.717) is 6.10 Å². The second-order valence-electron chi connectivity index (χ2n) is 7.02. The quantitative estimate of drug-likeness (QED) is 0.668. The van der Waals surface area contributed by atoms with Crippen LogP contribution in [0.1, 0.15) is 29.7 Å². The number of aromatic nitrogens is 1. The number of nitrogens with zero attached hydrogens (tertiary/aromatic N) is 1. The lowest BCUT2D eigenvalue weighted by atomic mass is 10.1. The van der Waals surface area contributed by atoms with Gasteiger partial charge in [-0.2, -0.15) is 0 Å². The molecule has 136 valence electrons. The van der Waals surface area contributed by atoms with E-state index < -0.39 is 0 Å². The fourth-order valence-electron chi connectivity index (χ4n) is 3.89. The maximum atomic E-state index is 6.40. The Kier molecular flexibility index (Phi) is 5.30. The summed E-state index contributed by atoms with van der Waals surface area (Å²) in [6, 6.07) is 16.7. The highest BCUT2D eigenvalue weighted by Gasteiger charge is 2.17. The first-order chi connectivity index (χ1) is 12.7. The van der Waals surface area contributed by atoms with Gasteiger partial charge in [0.05, 0.1) is 6.10 Å². The summed E-state index contributed by atoms with van der Waals surface area (Å²) >= 11 is 6.40. The lowest BCUT2D eigenvalue weighted by Crippen LogP contribution is -2.26. The zero-order valence-corrected chi connectivity index (χ0v) is 15.9. The summed E-state index contributed by atoms with van der Waals surface area (Å²) in [5.41, 5.74) is 5.08. The van der Waals surface area contributed by atoms with Crippen LogP contribution in [-0.4, -0.2) is 23.8 Å². The highest BCUT2D eigenvalue weighted by Crippen LogP contribution is 2.28. The van der Waals surface area contributed by atoms with Crippen molar-refractivity contribution in [3.05, 3.63) is 70.4 Å². The SMILES string of the molecule is Cc1c(CNCC2CCCO2)c2ccccc2n1Cc1ccccc1Cl. The maximum Gasteiger partial charge on any atom is 0.0700 e. The molecule has 1 atom stereocenters. The molecule has 1 N–H and O–H groups in total. The summed E-state index contributed by atoms with van der Waals surface area (Å²) in [6.07, 6.45) is 2.72. The number of rotatable bonds is 6. The minimum absolute atomic E-state index is 0.367. The second-order valence-corrected chi connectivity index (χ2v) is 7.43. The summed E-state index contributed by atoms with van der Waals surface area (Å²) in [6.45, 7) is 5.69. The second kappa shape index (κ2) is 7.83. The van der Waals surface area contributed by atoms with Gasteiger partial charge in [0.15, 0.2) is 0 Å². The molecule has 1 aromatic heterocycles. The van der Waals surface area contributed by atoms with Gasteiger partial charge in [-0.3, -0.25) is 0 Å². The van der Waals surface area contributed by atoms with Crippen molar-refractivity contribution in [2.45, 2.75) is 39.0 Å². The molecule has 26 heavy (non-hydrogen) atoms. The number of para-hydroxylation sites is 1. The maximum absolute atomic E-state index is 6.40. The molecule has 3 aromatic rings. The fourth-order valence-corrected chi connectivity index (χ4v) is 4.09. The Balaban J connectivity index is 1.61. The van der Waals surface area contributed by atoms with Gasteiger partial charge in [-0.25, -0.2) is 0 Å². The van der Waals surface area contributed by atoms with Crippen molar-refractivity contribution in [3.8, 4) is 0 Å². The molecule has 3 nitrogen and oxygen atoms in total. The summed E-state index contributed by atoms with van der Waals surface area (Å²) in [7, 11) is 0. The summed E-state index contributed by atoms with van der Waals surface area (Å²) in [4.78, 5) is 0. The Morgan fingerprint density at radius 3 is 2.77 bits per heavy atom. The normalized spacial score (nSPS) is 17.2. The van der Waals surface area contributed by atoms with Gasteiger partial charge in [-0.05, 0) is 43.0 Å². The van der Waals surface area contributed by atoms with Crippen molar-refractivity contribution in [1.29, 1.82) is 0 Å². The Morgan fingerprint density at radius 2 is 1.96 bits per heavy atom. The average Bonchev–Trinajstić information content (AvgIpc) is 3.26. The van der Waals surface area contributed by atoms with Gasteiger partial charge in [-0.15, -0.1) is 0 Å². The third-order valence-electron chi connectivity index (χ3n) is 5.35. The first kappa shape index (κ1) is 17.6. The summed E-state index contributed by atoms with van der Waals surface area (Å²) in [5, 5.41) is 5.74. The smallest absolute Gasteiger partial charge is 0.0700 e.